The van der Waals surface area contributed by atoms with Gasteiger partial charge in [-0.3, -0.25) is 0 Å². The molecule has 0 bridgehead atoms. The zero-order chi connectivity index (χ0) is 13.2. The lowest BCUT2D eigenvalue weighted by atomic mass is 9.82. The zero-order valence-electron chi connectivity index (χ0n) is 10.9. The summed E-state index contributed by atoms with van der Waals surface area (Å²) in [7, 11) is 0. The molecule has 18 heavy (non-hydrogen) atoms. The van der Waals surface area contributed by atoms with Gasteiger partial charge in [-0.2, -0.15) is 0 Å². The highest BCUT2D eigenvalue weighted by atomic mass is 16.3. The quantitative estimate of drug-likeness (QED) is 0.867. The molecule has 0 aliphatic heterocycles. The Kier molecular flexibility index (Phi) is 3.50. The van der Waals surface area contributed by atoms with Gasteiger partial charge in [0, 0.05) is 0 Å². The van der Waals surface area contributed by atoms with Crippen LogP contribution in [0.3, 0.4) is 0 Å². The van der Waals surface area contributed by atoms with Crippen LogP contribution in [0.25, 0.3) is 0 Å². The van der Waals surface area contributed by atoms with Crippen LogP contribution in [0.1, 0.15) is 22.3 Å². The van der Waals surface area contributed by atoms with Crippen molar-refractivity contribution in [3.05, 3.63) is 70.8 Å². The second-order valence-corrected chi connectivity index (χ2v) is 4.81. The summed E-state index contributed by atoms with van der Waals surface area (Å²) in [4.78, 5) is 0. The molecule has 2 rings (SSSR count). The topological polar surface area (TPSA) is 46.2 Å². The summed E-state index contributed by atoms with van der Waals surface area (Å²) in [5.41, 5.74) is 9.82. The average Bonchev–Trinajstić information content (AvgIpc) is 2.39. The van der Waals surface area contributed by atoms with Crippen LogP contribution in [0.5, 0.6) is 0 Å². The number of aliphatic hydroxyl groups is 1. The summed E-state index contributed by atoms with van der Waals surface area (Å²) in [6.45, 7) is 3.97. The van der Waals surface area contributed by atoms with Crippen LogP contribution in [0.4, 0.5) is 0 Å². The SMILES string of the molecule is Cc1ccc(C(N)(CO)c2ccccc2)c(C)c1. The van der Waals surface area contributed by atoms with E-state index in [4.69, 9.17) is 5.73 Å². The van der Waals surface area contributed by atoms with E-state index in [1.54, 1.807) is 0 Å². The van der Waals surface area contributed by atoms with Crippen LogP contribution in [0.15, 0.2) is 48.5 Å². The highest BCUT2D eigenvalue weighted by molar-refractivity contribution is 5.43. The van der Waals surface area contributed by atoms with E-state index in [1.807, 2.05) is 49.4 Å². The predicted molar refractivity (Wildman–Crippen MR) is 74.4 cm³/mol. The molecule has 2 aromatic rings. The maximum atomic E-state index is 9.76. The molecule has 0 radical (unpaired) electrons. The molecule has 0 amide bonds. The van der Waals surface area contributed by atoms with E-state index in [2.05, 4.69) is 13.0 Å². The number of aliphatic hydroxyl groups excluding tert-OH is 1. The van der Waals surface area contributed by atoms with E-state index in [-0.39, 0.29) is 6.61 Å². The zero-order valence-corrected chi connectivity index (χ0v) is 10.9. The maximum absolute atomic E-state index is 9.76. The Balaban J connectivity index is 2.57. The predicted octanol–water partition coefficient (Wildman–Crippen LogP) is 2.50. The van der Waals surface area contributed by atoms with Crippen molar-refractivity contribution >= 4 is 0 Å². The Labute approximate surface area is 108 Å². The van der Waals surface area contributed by atoms with Gasteiger partial charge in [0.25, 0.3) is 0 Å². The van der Waals surface area contributed by atoms with E-state index in [1.165, 1.54) is 5.56 Å². The van der Waals surface area contributed by atoms with Gasteiger partial charge >= 0.3 is 0 Å². The highest BCUT2D eigenvalue weighted by Crippen LogP contribution is 2.29. The lowest BCUT2D eigenvalue weighted by molar-refractivity contribution is 0.223. The molecule has 3 N–H and O–H groups in total. The second-order valence-electron chi connectivity index (χ2n) is 4.81. The van der Waals surface area contributed by atoms with Gasteiger partial charge in [-0.15, -0.1) is 0 Å². The summed E-state index contributed by atoms with van der Waals surface area (Å²) in [5.74, 6) is 0. The van der Waals surface area contributed by atoms with E-state index in [0.29, 0.717) is 0 Å². The Morgan fingerprint density at radius 2 is 1.72 bits per heavy atom. The first-order valence-electron chi connectivity index (χ1n) is 6.11. The fourth-order valence-electron chi connectivity index (χ4n) is 2.38. The summed E-state index contributed by atoms with van der Waals surface area (Å²) >= 11 is 0. The Bertz CT molecular complexity index is 536. The fourth-order valence-corrected chi connectivity index (χ4v) is 2.38. The van der Waals surface area contributed by atoms with Crippen molar-refractivity contribution in [2.24, 2.45) is 5.73 Å². The molecule has 2 nitrogen and oxygen atoms in total. The van der Waals surface area contributed by atoms with Crippen molar-refractivity contribution < 1.29 is 5.11 Å². The van der Waals surface area contributed by atoms with Crippen molar-refractivity contribution in [3.63, 3.8) is 0 Å². The molecule has 0 spiro atoms. The molecule has 0 aromatic heterocycles. The van der Waals surface area contributed by atoms with Crippen LogP contribution in [-0.2, 0) is 5.54 Å². The van der Waals surface area contributed by atoms with Gasteiger partial charge in [-0.25, -0.2) is 0 Å². The molecular weight excluding hydrogens is 222 g/mol. The number of aryl methyl sites for hydroxylation is 2. The lowest BCUT2D eigenvalue weighted by Crippen LogP contribution is -2.42. The van der Waals surface area contributed by atoms with Crippen molar-refractivity contribution in [2.45, 2.75) is 19.4 Å². The third-order valence-electron chi connectivity index (χ3n) is 3.40. The molecule has 0 aliphatic rings. The van der Waals surface area contributed by atoms with Gasteiger partial charge in [-0.05, 0) is 30.5 Å². The maximum Gasteiger partial charge on any atom is 0.0902 e. The van der Waals surface area contributed by atoms with E-state index < -0.39 is 5.54 Å². The van der Waals surface area contributed by atoms with E-state index in [0.717, 1.165) is 16.7 Å². The number of benzene rings is 2. The van der Waals surface area contributed by atoms with Crippen molar-refractivity contribution in [3.8, 4) is 0 Å². The highest BCUT2D eigenvalue weighted by Gasteiger charge is 2.30. The number of hydrogen-bond donors (Lipinski definition) is 2. The first-order valence-corrected chi connectivity index (χ1v) is 6.11. The van der Waals surface area contributed by atoms with Gasteiger partial charge in [0.1, 0.15) is 0 Å². The molecule has 94 valence electrons. The number of rotatable bonds is 3. The molecule has 2 heteroatoms. The first kappa shape index (κ1) is 12.8. The fraction of sp³-hybridized carbons (Fsp3) is 0.250. The molecule has 2 aromatic carbocycles. The third kappa shape index (κ3) is 2.17. The van der Waals surface area contributed by atoms with Crippen LogP contribution >= 0.6 is 0 Å². The summed E-state index contributed by atoms with van der Waals surface area (Å²) in [5, 5.41) is 9.76. The minimum Gasteiger partial charge on any atom is -0.394 e. The van der Waals surface area contributed by atoms with Crippen molar-refractivity contribution in [1.82, 2.24) is 0 Å². The summed E-state index contributed by atoms with van der Waals surface area (Å²) in [6, 6.07) is 15.9. The van der Waals surface area contributed by atoms with Gasteiger partial charge in [-0.1, -0.05) is 54.1 Å². The van der Waals surface area contributed by atoms with Gasteiger partial charge in [0.2, 0.25) is 0 Å². The summed E-state index contributed by atoms with van der Waals surface area (Å²) in [6.07, 6.45) is 0. The smallest absolute Gasteiger partial charge is 0.0902 e. The van der Waals surface area contributed by atoms with Gasteiger partial charge in [0.05, 0.1) is 12.1 Å². The lowest BCUT2D eigenvalue weighted by Gasteiger charge is -2.30. The van der Waals surface area contributed by atoms with Crippen molar-refractivity contribution in [1.29, 1.82) is 0 Å². The minimum absolute atomic E-state index is 0.110. The Morgan fingerprint density at radius 1 is 1.06 bits per heavy atom. The van der Waals surface area contributed by atoms with Crippen LogP contribution in [-0.4, -0.2) is 11.7 Å². The monoisotopic (exact) mass is 241 g/mol. The molecule has 0 heterocycles. The third-order valence-corrected chi connectivity index (χ3v) is 3.40. The molecule has 1 unspecified atom stereocenters. The largest absolute Gasteiger partial charge is 0.394 e. The molecule has 1 atom stereocenters. The molecule has 0 aliphatic carbocycles. The summed E-state index contributed by atoms with van der Waals surface area (Å²) < 4.78 is 0. The molecule has 0 saturated carbocycles. The van der Waals surface area contributed by atoms with Crippen molar-refractivity contribution in [2.75, 3.05) is 6.61 Å². The second kappa shape index (κ2) is 4.92. The number of nitrogens with two attached hydrogens (primary N) is 1. The Morgan fingerprint density at radius 3 is 2.28 bits per heavy atom. The van der Waals surface area contributed by atoms with Crippen LogP contribution < -0.4 is 5.73 Å². The molecular formula is C16H19NO. The Hall–Kier alpha value is -1.64. The van der Waals surface area contributed by atoms with E-state index in [9.17, 15) is 5.11 Å². The molecule has 0 saturated heterocycles. The first-order chi connectivity index (χ1) is 8.58. The van der Waals surface area contributed by atoms with E-state index >= 15 is 0 Å². The normalized spacial score (nSPS) is 14.2. The van der Waals surface area contributed by atoms with Crippen LogP contribution in [0.2, 0.25) is 0 Å². The number of hydrogen-bond acceptors (Lipinski definition) is 2. The van der Waals surface area contributed by atoms with Crippen LogP contribution in [0, 0.1) is 13.8 Å². The van der Waals surface area contributed by atoms with Gasteiger partial charge in [0.15, 0.2) is 0 Å². The average molecular weight is 241 g/mol. The van der Waals surface area contributed by atoms with Gasteiger partial charge < -0.3 is 10.8 Å². The standard InChI is InChI=1S/C16H19NO/c1-12-8-9-15(13(2)10-12)16(17,11-18)14-6-4-3-5-7-14/h3-10,18H,11,17H2,1-2H3. The molecule has 0 fully saturated rings. The minimum atomic E-state index is -0.834.